The molecule has 2 aromatic rings. The van der Waals surface area contributed by atoms with Crippen LogP contribution in [-0.4, -0.2) is 37.5 Å². The molecule has 7 heteroatoms. The van der Waals surface area contributed by atoms with Crippen LogP contribution in [0.1, 0.15) is 38.3 Å². The number of carbonyl (C=O) groups excluding carboxylic acids is 3. The van der Waals surface area contributed by atoms with Gasteiger partial charge in [0.2, 0.25) is 5.91 Å². The highest BCUT2D eigenvalue weighted by Crippen LogP contribution is 2.32. The van der Waals surface area contributed by atoms with E-state index in [-0.39, 0.29) is 18.9 Å². The summed E-state index contributed by atoms with van der Waals surface area (Å²) in [6.45, 7) is 6.42. The first-order chi connectivity index (χ1) is 15.5. The number of nitrogens with one attached hydrogen (secondary N) is 1. The Bertz CT molecular complexity index is 949. The number of hydrogen-bond acceptors (Lipinski definition) is 5. The summed E-state index contributed by atoms with van der Waals surface area (Å²) in [5.41, 5.74) is 3.66. The fourth-order valence-electron chi connectivity index (χ4n) is 3.90. The number of aryl methyl sites for hydroxylation is 2. The minimum absolute atomic E-state index is 0.0839. The van der Waals surface area contributed by atoms with Gasteiger partial charge in [-0.1, -0.05) is 32.0 Å². The Labute approximate surface area is 188 Å². The minimum atomic E-state index is -0.588. The van der Waals surface area contributed by atoms with Crippen molar-refractivity contribution in [1.29, 1.82) is 0 Å². The second kappa shape index (κ2) is 10.8. The molecule has 1 heterocycles. The van der Waals surface area contributed by atoms with E-state index >= 15 is 0 Å². The number of carbonyl (C=O) groups is 3. The van der Waals surface area contributed by atoms with Crippen LogP contribution in [0.4, 0.5) is 11.4 Å². The fraction of sp³-hybridized carbons (Fsp3) is 0.400. The van der Waals surface area contributed by atoms with Crippen LogP contribution in [0.15, 0.2) is 42.5 Å². The highest BCUT2D eigenvalue weighted by atomic mass is 16.5. The van der Waals surface area contributed by atoms with Crippen molar-refractivity contribution in [2.45, 2.75) is 40.0 Å². The van der Waals surface area contributed by atoms with E-state index in [1.165, 1.54) is 0 Å². The van der Waals surface area contributed by atoms with E-state index in [1.807, 2.05) is 39.0 Å². The zero-order chi connectivity index (χ0) is 23.1. The second-order valence-electron chi connectivity index (χ2n) is 7.65. The zero-order valence-corrected chi connectivity index (χ0v) is 18.8. The summed E-state index contributed by atoms with van der Waals surface area (Å²) in [5, 5.41) is 2.68. The van der Waals surface area contributed by atoms with Crippen LogP contribution in [0.3, 0.4) is 0 Å². The van der Waals surface area contributed by atoms with Gasteiger partial charge in [-0.3, -0.25) is 14.4 Å². The topological polar surface area (TPSA) is 84.9 Å². The summed E-state index contributed by atoms with van der Waals surface area (Å²) in [4.78, 5) is 39.1. The predicted molar refractivity (Wildman–Crippen MR) is 123 cm³/mol. The van der Waals surface area contributed by atoms with E-state index in [0.717, 1.165) is 29.7 Å². The Morgan fingerprint density at radius 1 is 1.03 bits per heavy atom. The lowest BCUT2D eigenvalue weighted by Crippen LogP contribution is -2.29. The third kappa shape index (κ3) is 5.46. The summed E-state index contributed by atoms with van der Waals surface area (Å²) in [6.07, 6.45) is 1.68. The molecule has 32 heavy (non-hydrogen) atoms. The molecule has 2 amide bonds. The number of amides is 2. The number of para-hydroxylation sites is 1. The van der Waals surface area contributed by atoms with Crippen LogP contribution in [0, 0.1) is 5.92 Å². The molecule has 1 atom stereocenters. The third-order valence-corrected chi connectivity index (χ3v) is 5.49. The summed E-state index contributed by atoms with van der Waals surface area (Å²) in [6, 6.07) is 13.0. The van der Waals surface area contributed by atoms with Gasteiger partial charge < -0.3 is 19.7 Å². The number of rotatable bonds is 9. The number of anilines is 2. The molecule has 2 aromatic carbocycles. The van der Waals surface area contributed by atoms with Crippen molar-refractivity contribution in [2.75, 3.05) is 30.0 Å². The Morgan fingerprint density at radius 3 is 2.28 bits per heavy atom. The summed E-state index contributed by atoms with van der Waals surface area (Å²) in [7, 11) is 0. The molecule has 1 aliphatic rings. The normalized spacial score (nSPS) is 15.5. The van der Waals surface area contributed by atoms with Crippen LogP contribution >= 0.6 is 0 Å². The summed E-state index contributed by atoms with van der Waals surface area (Å²) in [5.74, 6) is -0.942. The average molecular weight is 439 g/mol. The maximum atomic E-state index is 12.7. The van der Waals surface area contributed by atoms with E-state index in [9.17, 15) is 14.4 Å². The number of ether oxygens (including phenoxy) is 2. The highest BCUT2D eigenvalue weighted by molar-refractivity contribution is 6.01. The standard InChI is InChI=1S/C25H30N2O5/c1-4-17-8-7-9-18(5-2)24(17)27-15-19(14-23(27)29)25(30)32-16-22(28)26-20-10-12-21(13-11-20)31-6-3/h7-13,19H,4-6,14-16H2,1-3H3,(H,26,28)/t19-/m0/s1. The summed E-state index contributed by atoms with van der Waals surface area (Å²) >= 11 is 0. The van der Waals surface area contributed by atoms with Crippen molar-refractivity contribution in [1.82, 2.24) is 0 Å². The molecule has 7 nitrogen and oxygen atoms in total. The van der Waals surface area contributed by atoms with Gasteiger partial charge in [-0.05, 0) is 55.2 Å². The number of benzene rings is 2. The summed E-state index contributed by atoms with van der Waals surface area (Å²) < 4.78 is 10.6. The molecule has 3 rings (SSSR count). The molecule has 1 aliphatic heterocycles. The maximum absolute atomic E-state index is 12.7. The van der Waals surface area contributed by atoms with E-state index in [2.05, 4.69) is 5.32 Å². The second-order valence-corrected chi connectivity index (χ2v) is 7.65. The average Bonchev–Trinajstić information content (AvgIpc) is 3.19. The fourth-order valence-corrected chi connectivity index (χ4v) is 3.90. The number of hydrogen-bond donors (Lipinski definition) is 1. The van der Waals surface area contributed by atoms with Gasteiger partial charge in [0.25, 0.3) is 5.91 Å². The number of esters is 1. The molecular weight excluding hydrogens is 408 g/mol. The molecule has 0 radical (unpaired) electrons. The van der Waals surface area contributed by atoms with E-state index in [1.54, 1.807) is 29.2 Å². The van der Waals surface area contributed by atoms with Gasteiger partial charge in [0.05, 0.1) is 12.5 Å². The van der Waals surface area contributed by atoms with Crippen molar-refractivity contribution in [3.05, 3.63) is 53.6 Å². The molecule has 1 N–H and O–H groups in total. The van der Waals surface area contributed by atoms with Gasteiger partial charge in [-0.25, -0.2) is 0 Å². The van der Waals surface area contributed by atoms with Gasteiger partial charge in [0, 0.05) is 24.3 Å². The smallest absolute Gasteiger partial charge is 0.311 e. The quantitative estimate of drug-likeness (QED) is 0.603. The van der Waals surface area contributed by atoms with Crippen molar-refractivity contribution in [3.8, 4) is 5.75 Å². The number of nitrogens with zero attached hydrogens (tertiary/aromatic N) is 1. The van der Waals surface area contributed by atoms with Gasteiger partial charge in [0.15, 0.2) is 6.61 Å². The van der Waals surface area contributed by atoms with E-state index < -0.39 is 24.4 Å². The largest absolute Gasteiger partial charge is 0.494 e. The molecule has 170 valence electrons. The molecular formula is C25H30N2O5. The SMILES string of the molecule is CCOc1ccc(NC(=O)COC(=O)[C@H]2CC(=O)N(c3c(CC)cccc3CC)C2)cc1. The van der Waals surface area contributed by atoms with Crippen molar-refractivity contribution < 1.29 is 23.9 Å². The lowest BCUT2D eigenvalue weighted by molar-refractivity contribution is -0.151. The molecule has 0 aromatic heterocycles. The first-order valence-electron chi connectivity index (χ1n) is 11.1. The van der Waals surface area contributed by atoms with E-state index in [0.29, 0.717) is 18.0 Å². The monoisotopic (exact) mass is 438 g/mol. The lowest BCUT2D eigenvalue weighted by atomic mass is 10.0. The van der Waals surface area contributed by atoms with Crippen LogP contribution in [-0.2, 0) is 32.0 Å². The van der Waals surface area contributed by atoms with Crippen molar-refractivity contribution in [2.24, 2.45) is 5.92 Å². The molecule has 0 saturated carbocycles. The Kier molecular flexibility index (Phi) is 7.87. The van der Waals surface area contributed by atoms with Crippen LogP contribution in [0.25, 0.3) is 0 Å². The molecule has 0 spiro atoms. The Hall–Kier alpha value is -3.35. The van der Waals surface area contributed by atoms with Gasteiger partial charge in [-0.2, -0.15) is 0 Å². The molecule has 0 unspecified atom stereocenters. The van der Waals surface area contributed by atoms with E-state index in [4.69, 9.17) is 9.47 Å². The highest BCUT2D eigenvalue weighted by Gasteiger charge is 2.37. The molecule has 1 saturated heterocycles. The molecule has 1 fully saturated rings. The van der Waals surface area contributed by atoms with Gasteiger partial charge in [0.1, 0.15) is 5.75 Å². The maximum Gasteiger partial charge on any atom is 0.311 e. The zero-order valence-electron chi connectivity index (χ0n) is 18.8. The van der Waals surface area contributed by atoms with Crippen LogP contribution in [0.2, 0.25) is 0 Å². The van der Waals surface area contributed by atoms with Gasteiger partial charge in [-0.15, -0.1) is 0 Å². The van der Waals surface area contributed by atoms with Crippen LogP contribution in [0.5, 0.6) is 5.75 Å². The first kappa shape index (κ1) is 23.3. The predicted octanol–water partition coefficient (Wildman–Crippen LogP) is 3.74. The first-order valence-corrected chi connectivity index (χ1v) is 11.1. The Balaban J connectivity index is 1.56. The molecule has 0 bridgehead atoms. The third-order valence-electron chi connectivity index (χ3n) is 5.49. The van der Waals surface area contributed by atoms with Crippen molar-refractivity contribution >= 4 is 29.2 Å². The minimum Gasteiger partial charge on any atom is -0.494 e. The lowest BCUT2D eigenvalue weighted by Gasteiger charge is -2.23. The Morgan fingerprint density at radius 2 is 1.69 bits per heavy atom. The van der Waals surface area contributed by atoms with Crippen molar-refractivity contribution in [3.63, 3.8) is 0 Å². The molecule has 0 aliphatic carbocycles. The van der Waals surface area contributed by atoms with Crippen LogP contribution < -0.4 is 15.0 Å². The van der Waals surface area contributed by atoms with Gasteiger partial charge >= 0.3 is 5.97 Å².